The summed E-state index contributed by atoms with van der Waals surface area (Å²) in [7, 11) is 0. The fourth-order valence-corrected chi connectivity index (χ4v) is 1.32. The van der Waals surface area contributed by atoms with Crippen LogP contribution < -0.4 is 11.1 Å². The molecular formula is C11H24N2O. The zero-order valence-electron chi connectivity index (χ0n) is 9.73. The smallest absolute Gasteiger partial charge is 0.240 e. The van der Waals surface area contributed by atoms with Crippen LogP contribution in [-0.4, -0.2) is 18.0 Å². The lowest BCUT2D eigenvalue weighted by molar-refractivity contribution is -0.126. The highest BCUT2D eigenvalue weighted by Crippen LogP contribution is 2.10. The van der Waals surface area contributed by atoms with Crippen LogP contribution >= 0.6 is 0 Å². The van der Waals surface area contributed by atoms with Gasteiger partial charge in [0.05, 0.1) is 5.54 Å². The lowest BCUT2D eigenvalue weighted by Crippen LogP contribution is -2.53. The van der Waals surface area contributed by atoms with Crippen molar-refractivity contribution in [1.29, 1.82) is 0 Å². The van der Waals surface area contributed by atoms with E-state index in [9.17, 15) is 4.79 Å². The predicted molar refractivity (Wildman–Crippen MR) is 60.0 cm³/mol. The highest BCUT2D eigenvalue weighted by molar-refractivity contribution is 5.85. The molecule has 0 fully saturated rings. The van der Waals surface area contributed by atoms with Crippen LogP contribution in [0, 0.1) is 0 Å². The lowest BCUT2D eigenvalue weighted by Gasteiger charge is -2.25. The summed E-state index contributed by atoms with van der Waals surface area (Å²) < 4.78 is 0. The Morgan fingerprint density at radius 3 is 2.21 bits per heavy atom. The van der Waals surface area contributed by atoms with Crippen LogP contribution in [0.25, 0.3) is 0 Å². The Balaban J connectivity index is 3.82. The Kier molecular flexibility index (Phi) is 6.54. The average Bonchev–Trinajstić information content (AvgIpc) is 2.22. The van der Waals surface area contributed by atoms with E-state index in [0.29, 0.717) is 12.8 Å². The number of rotatable bonds is 7. The maximum absolute atomic E-state index is 11.7. The maximum atomic E-state index is 11.7. The summed E-state index contributed by atoms with van der Waals surface area (Å²) in [5, 5.41) is 2.90. The van der Waals surface area contributed by atoms with E-state index in [1.807, 2.05) is 13.8 Å². The molecule has 0 heterocycles. The zero-order valence-corrected chi connectivity index (χ0v) is 9.73. The maximum Gasteiger partial charge on any atom is 0.240 e. The van der Waals surface area contributed by atoms with E-state index < -0.39 is 5.54 Å². The number of nitrogens with one attached hydrogen (secondary N) is 1. The van der Waals surface area contributed by atoms with Gasteiger partial charge in [-0.25, -0.2) is 0 Å². The Labute approximate surface area is 87.4 Å². The first-order valence-corrected chi connectivity index (χ1v) is 5.67. The van der Waals surface area contributed by atoms with Gasteiger partial charge < -0.3 is 11.1 Å². The van der Waals surface area contributed by atoms with Gasteiger partial charge in [0.2, 0.25) is 5.91 Å². The molecule has 0 aliphatic heterocycles. The standard InChI is InChI=1S/C11H24N2O/c1-4-7-8-9-13-10(14)11(12,5-2)6-3/h4-9,12H2,1-3H3,(H,13,14). The van der Waals surface area contributed by atoms with E-state index in [2.05, 4.69) is 12.2 Å². The summed E-state index contributed by atoms with van der Waals surface area (Å²) in [6, 6.07) is 0. The molecule has 0 unspecified atom stereocenters. The minimum Gasteiger partial charge on any atom is -0.355 e. The van der Waals surface area contributed by atoms with Gasteiger partial charge in [-0.3, -0.25) is 4.79 Å². The van der Waals surface area contributed by atoms with Crippen LogP contribution in [0.3, 0.4) is 0 Å². The highest BCUT2D eigenvalue weighted by atomic mass is 16.2. The van der Waals surface area contributed by atoms with Gasteiger partial charge in [0.25, 0.3) is 0 Å². The molecule has 84 valence electrons. The molecule has 0 aromatic heterocycles. The van der Waals surface area contributed by atoms with E-state index in [4.69, 9.17) is 5.73 Å². The van der Waals surface area contributed by atoms with Gasteiger partial charge in [0.15, 0.2) is 0 Å². The number of unbranched alkanes of at least 4 members (excludes halogenated alkanes) is 2. The number of hydrogen-bond donors (Lipinski definition) is 2. The summed E-state index contributed by atoms with van der Waals surface area (Å²) in [4.78, 5) is 11.7. The number of amides is 1. The average molecular weight is 200 g/mol. The van der Waals surface area contributed by atoms with Gasteiger partial charge in [-0.15, -0.1) is 0 Å². The molecule has 0 aliphatic carbocycles. The molecule has 0 aliphatic rings. The molecule has 3 heteroatoms. The second kappa shape index (κ2) is 6.82. The number of carbonyl (C=O) groups is 1. The fourth-order valence-electron chi connectivity index (χ4n) is 1.32. The van der Waals surface area contributed by atoms with Crippen LogP contribution in [0.5, 0.6) is 0 Å². The molecular weight excluding hydrogens is 176 g/mol. The van der Waals surface area contributed by atoms with Crippen molar-refractivity contribution in [2.75, 3.05) is 6.54 Å². The number of carbonyl (C=O) groups excluding carboxylic acids is 1. The van der Waals surface area contributed by atoms with Crippen LogP contribution in [0.4, 0.5) is 0 Å². The van der Waals surface area contributed by atoms with Crippen molar-refractivity contribution in [3.63, 3.8) is 0 Å². The van der Waals surface area contributed by atoms with Gasteiger partial charge in [-0.05, 0) is 19.3 Å². The van der Waals surface area contributed by atoms with Crippen molar-refractivity contribution in [3.05, 3.63) is 0 Å². The van der Waals surface area contributed by atoms with E-state index >= 15 is 0 Å². The van der Waals surface area contributed by atoms with Gasteiger partial charge >= 0.3 is 0 Å². The lowest BCUT2D eigenvalue weighted by atomic mass is 9.93. The molecule has 0 rings (SSSR count). The number of hydrogen-bond acceptors (Lipinski definition) is 2. The Hall–Kier alpha value is -0.570. The zero-order chi connectivity index (χ0) is 11.0. The van der Waals surface area contributed by atoms with Crippen molar-refractivity contribution in [1.82, 2.24) is 5.32 Å². The van der Waals surface area contributed by atoms with Gasteiger partial charge in [-0.2, -0.15) is 0 Å². The van der Waals surface area contributed by atoms with Crippen LogP contribution in [0.15, 0.2) is 0 Å². The molecule has 0 saturated heterocycles. The first-order chi connectivity index (χ1) is 6.60. The van der Waals surface area contributed by atoms with E-state index in [1.54, 1.807) is 0 Å². The van der Waals surface area contributed by atoms with Crippen LogP contribution in [0.1, 0.15) is 52.9 Å². The van der Waals surface area contributed by atoms with E-state index in [-0.39, 0.29) is 5.91 Å². The highest BCUT2D eigenvalue weighted by Gasteiger charge is 2.29. The third-order valence-corrected chi connectivity index (χ3v) is 2.78. The molecule has 0 aromatic carbocycles. The van der Waals surface area contributed by atoms with Crippen LogP contribution in [0.2, 0.25) is 0 Å². The normalized spacial score (nSPS) is 11.4. The summed E-state index contributed by atoms with van der Waals surface area (Å²) in [6.07, 6.45) is 4.78. The molecule has 0 aromatic rings. The second-order valence-electron chi connectivity index (χ2n) is 3.83. The minimum absolute atomic E-state index is 0.00129. The van der Waals surface area contributed by atoms with Crippen LogP contribution in [-0.2, 0) is 4.79 Å². The molecule has 14 heavy (non-hydrogen) atoms. The van der Waals surface area contributed by atoms with E-state index in [0.717, 1.165) is 19.4 Å². The molecule has 0 bridgehead atoms. The summed E-state index contributed by atoms with van der Waals surface area (Å²) in [6.45, 7) is 6.81. The summed E-state index contributed by atoms with van der Waals surface area (Å²) >= 11 is 0. The Bertz CT molecular complexity index is 165. The molecule has 0 saturated carbocycles. The molecule has 1 amide bonds. The quantitative estimate of drug-likeness (QED) is 0.616. The van der Waals surface area contributed by atoms with Crippen molar-refractivity contribution < 1.29 is 4.79 Å². The first-order valence-electron chi connectivity index (χ1n) is 5.67. The van der Waals surface area contributed by atoms with E-state index in [1.165, 1.54) is 6.42 Å². The fraction of sp³-hybridized carbons (Fsp3) is 0.909. The van der Waals surface area contributed by atoms with Gasteiger partial charge in [0, 0.05) is 6.54 Å². The SMILES string of the molecule is CCCCCNC(=O)C(N)(CC)CC. The van der Waals surface area contributed by atoms with Crippen molar-refractivity contribution in [3.8, 4) is 0 Å². The first kappa shape index (κ1) is 13.4. The minimum atomic E-state index is -0.661. The van der Waals surface area contributed by atoms with Gasteiger partial charge in [-0.1, -0.05) is 33.6 Å². The third kappa shape index (κ3) is 4.09. The molecule has 3 nitrogen and oxygen atoms in total. The largest absolute Gasteiger partial charge is 0.355 e. The second-order valence-corrected chi connectivity index (χ2v) is 3.83. The monoisotopic (exact) mass is 200 g/mol. The summed E-state index contributed by atoms with van der Waals surface area (Å²) in [5.41, 5.74) is 5.28. The molecule has 0 atom stereocenters. The Morgan fingerprint density at radius 2 is 1.79 bits per heavy atom. The molecule has 0 spiro atoms. The predicted octanol–water partition coefficient (Wildman–Crippen LogP) is 1.81. The van der Waals surface area contributed by atoms with Gasteiger partial charge in [0.1, 0.15) is 0 Å². The van der Waals surface area contributed by atoms with Crippen molar-refractivity contribution >= 4 is 5.91 Å². The molecule has 3 N–H and O–H groups in total. The summed E-state index contributed by atoms with van der Waals surface area (Å²) in [5.74, 6) is -0.00129. The molecule has 0 radical (unpaired) electrons. The van der Waals surface area contributed by atoms with Crippen molar-refractivity contribution in [2.24, 2.45) is 5.73 Å². The van der Waals surface area contributed by atoms with Crippen molar-refractivity contribution in [2.45, 2.75) is 58.4 Å². The topological polar surface area (TPSA) is 55.1 Å². The number of nitrogens with two attached hydrogens (primary N) is 1. The third-order valence-electron chi connectivity index (χ3n) is 2.78. The Morgan fingerprint density at radius 1 is 1.21 bits per heavy atom.